The van der Waals surface area contributed by atoms with Gasteiger partial charge in [0.05, 0.1) is 43.4 Å². The minimum Gasteiger partial charge on any atom is -0.497 e. The number of carboxylic acids is 1. The number of hydrogen-bond acceptors (Lipinski definition) is 11. The molecule has 0 aliphatic heterocycles. The molecule has 0 unspecified atom stereocenters. The van der Waals surface area contributed by atoms with Crippen LogP contribution in [0.25, 0.3) is 0 Å². The van der Waals surface area contributed by atoms with E-state index in [2.05, 4.69) is 10.0 Å². The monoisotopic (exact) mass is 592 g/mol. The highest BCUT2D eigenvalue weighted by Crippen LogP contribution is 2.28. The number of nitro groups is 1. The number of benzene rings is 1. The van der Waals surface area contributed by atoms with Crippen molar-refractivity contribution in [1.29, 1.82) is 0 Å². The number of nitro benzene ring substituents is 1. The second-order valence-corrected chi connectivity index (χ2v) is 11.1. The van der Waals surface area contributed by atoms with Gasteiger partial charge in [0.1, 0.15) is 17.8 Å². The number of carboxylic acid groups (broad SMARTS) is 1. The van der Waals surface area contributed by atoms with Gasteiger partial charge in [-0.05, 0) is 39.8 Å². The van der Waals surface area contributed by atoms with E-state index >= 15 is 0 Å². The first-order chi connectivity index (χ1) is 18.4. The summed E-state index contributed by atoms with van der Waals surface area (Å²) in [4.78, 5) is 48.2. The van der Waals surface area contributed by atoms with Crippen LogP contribution in [0.2, 0.25) is 0 Å². The second-order valence-electron chi connectivity index (χ2n) is 9.44. The molecule has 0 saturated carbocycles. The number of rotatable bonds is 16. The molecular weight excluding hydrogens is 556 g/mol. The molecule has 0 spiro atoms. The van der Waals surface area contributed by atoms with Crippen molar-refractivity contribution in [3.8, 4) is 5.75 Å². The molecule has 0 fully saturated rings. The van der Waals surface area contributed by atoms with Gasteiger partial charge in [-0.15, -0.1) is 0 Å². The van der Waals surface area contributed by atoms with E-state index in [9.17, 15) is 32.9 Å². The first kappa shape index (κ1) is 34.6. The Labute approximate surface area is 232 Å². The Balaban J connectivity index is 3.49. The van der Waals surface area contributed by atoms with Crippen LogP contribution in [-0.4, -0.2) is 106 Å². The van der Waals surface area contributed by atoms with Crippen LogP contribution in [0, 0.1) is 10.1 Å². The Morgan fingerprint density at radius 2 is 1.75 bits per heavy atom. The third kappa shape index (κ3) is 10.6. The quantitative estimate of drug-likeness (QED) is 0.132. The zero-order valence-corrected chi connectivity index (χ0v) is 24.1. The van der Waals surface area contributed by atoms with E-state index in [1.807, 2.05) is 0 Å². The number of nitrogens with zero attached hydrogens (tertiary/aromatic N) is 2. The van der Waals surface area contributed by atoms with Gasteiger partial charge in [0, 0.05) is 14.2 Å². The van der Waals surface area contributed by atoms with E-state index in [1.54, 1.807) is 20.8 Å². The third-order valence-corrected chi connectivity index (χ3v) is 6.74. The maximum atomic E-state index is 13.7. The minimum absolute atomic E-state index is 0.0345. The van der Waals surface area contributed by atoms with Gasteiger partial charge in [-0.3, -0.25) is 24.5 Å². The number of sulfonamides is 1. The summed E-state index contributed by atoms with van der Waals surface area (Å²) in [6.45, 7) is 4.59. The van der Waals surface area contributed by atoms with Crippen LogP contribution in [0.4, 0.5) is 5.69 Å². The lowest BCUT2D eigenvalue weighted by Crippen LogP contribution is -2.56. The molecule has 226 valence electrons. The smallest absolute Gasteiger partial charge is 0.325 e. The Bertz CT molecular complexity index is 1160. The van der Waals surface area contributed by atoms with E-state index in [0.29, 0.717) is 0 Å². The topological polar surface area (TPSA) is 213 Å². The number of amides is 2. The van der Waals surface area contributed by atoms with Crippen molar-refractivity contribution in [3.63, 3.8) is 0 Å². The zero-order valence-electron chi connectivity index (χ0n) is 23.3. The fourth-order valence-electron chi connectivity index (χ4n) is 3.13. The van der Waals surface area contributed by atoms with Crippen LogP contribution in [0.3, 0.4) is 0 Å². The van der Waals surface area contributed by atoms with Crippen molar-refractivity contribution in [2.24, 2.45) is 0 Å². The molecule has 3 N–H and O–H groups in total. The number of carbonyl (C=O) groups is 3. The van der Waals surface area contributed by atoms with Gasteiger partial charge < -0.3 is 34.3 Å². The van der Waals surface area contributed by atoms with Crippen molar-refractivity contribution < 1.29 is 51.8 Å². The first-order valence-corrected chi connectivity index (χ1v) is 13.3. The summed E-state index contributed by atoms with van der Waals surface area (Å²) < 4.78 is 49.6. The fraction of sp³-hybridized carbons (Fsp3) is 0.609. The van der Waals surface area contributed by atoms with Crippen LogP contribution in [0.1, 0.15) is 27.7 Å². The molecule has 1 rings (SSSR count). The molecule has 2 amide bonds. The molecule has 40 heavy (non-hydrogen) atoms. The summed E-state index contributed by atoms with van der Waals surface area (Å²) in [5.41, 5.74) is -1.64. The van der Waals surface area contributed by atoms with Crippen LogP contribution in [0.5, 0.6) is 5.75 Å². The predicted octanol–water partition coefficient (Wildman–Crippen LogP) is 0.102. The number of hydrogen-bond donors (Lipinski definition) is 3. The molecule has 1 aromatic rings. The number of methoxy groups -OCH3 is 3. The van der Waals surface area contributed by atoms with Crippen LogP contribution in [0.15, 0.2) is 23.1 Å². The molecule has 1 aromatic carbocycles. The average molecular weight is 593 g/mol. The summed E-state index contributed by atoms with van der Waals surface area (Å²) in [5, 5.41) is 22.9. The summed E-state index contributed by atoms with van der Waals surface area (Å²) in [6.07, 6.45) is -1.04. The van der Waals surface area contributed by atoms with E-state index < -0.39 is 80.4 Å². The lowest BCUT2D eigenvalue weighted by molar-refractivity contribution is -0.387. The predicted molar refractivity (Wildman–Crippen MR) is 139 cm³/mol. The van der Waals surface area contributed by atoms with Gasteiger partial charge in [-0.2, -0.15) is 4.72 Å². The van der Waals surface area contributed by atoms with Gasteiger partial charge in [0.2, 0.25) is 21.8 Å². The molecule has 16 nitrogen and oxygen atoms in total. The van der Waals surface area contributed by atoms with Crippen LogP contribution in [-0.2, 0) is 38.6 Å². The number of nitrogens with one attached hydrogen (secondary N) is 2. The van der Waals surface area contributed by atoms with E-state index in [-0.39, 0.29) is 12.3 Å². The SMILES string of the molecule is COc1ccc(S(=O)(=O)N[C@@H](COC(C)(C)C)C(=O)N(CC(=O)N[C@@H](C)C(=O)O)CC(OC)OC)c([N+](=O)[O-])c1. The molecule has 0 heterocycles. The van der Waals surface area contributed by atoms with Crippen molar-refractivity contribution >= 4 is 33.5 Å². The lowest BCUT2D eigenvalue weighted by Gasteiger charge is -2.31. The highest BCUT2D eigenvalue weighted by Gasteiger charge is 2.36. The van der Waals surface area contributed by atoms with Crippen molar-refractivity contribution in [2.75, 3.05) is 41.0 Å². The molecule has 0 radical (unpaired) electrons. The van der Waals surface area contributed by atoms with Gasteiger partial charge >= 0.3 is 5.97 Å². The Morgan fingerprint density at radius 3 is 2.23 bits per heavy atom. The molecule has 0 aromatic heterocycles. The summed E-state index contributed by atoms with van der Waals surface area (Å²) >= 11 is 0. The average Bonchev–Trinajstić information content (AvgIpc) is 2.87. The summed E-state index contributed by atoms with van der Waals surface area (Å²) in [5.74, 6) is -3.12. The number of ether oxygens (including phenoxy) is 4. The van der Waals surface area contributed by atoms with Crippen LogP contribution >= 0.6 is 0 Å². The molecule has 17 heteroatoms. The molecular formula is C23H36N4O12S. The molecule has 0 aliphatic carbocycles. The standard InChI is InChI=1S/C23H36N4O12S/c1-14(22(30)31)24-19(28)11-26(12-20(37-6)38-7)21(29)16(13-39-23(2,3)4)25-40(34,35)18-9-8-15(36-5)10-17(18)27(32)33/h8-10,14,16,20,25H,11-13H2,1-7H3,(H,24,28)(H,30,31)/t14-,16-/m0/s1. The molecule has 0 bridgehead atoms. The van der Waals surface area contributed by atoms with Crippen molar-refractivity contribution in [1.82, 2.24) is 14.9 Å². The van der Waals surface area contributed by atoms with Gasteiger partial charge in [-0.1, -0.05) is 0 Å². The highest BCUT2D eigenvalue weighted by atomic mass is 32.2. The first-order valence-electron chi connectivity index (χ1n) is 11.8. The maximum Gasteiger partial charge on any atom is 0.325 e. The van der Waals surface area contributed by atoms with E-state index in [4.69, 9.17) is 24.1 Å². The van der Waals surface area contributed by atoms with Crippen molar-refractivity contribution in [3.05, 3.63) is 28.3 Å². The minimum atomic E-state index is -4.72. The van der Waals surface area contributed by atoms with Gasteiger partial charge in [0.15, 0.2) is 11.2 Å². The Kier molecular flexibility index (Phi) is 12.9. The molecule has 2 atom stereocenters. The second kappa shape index (κ2) is 14.8. The van der Waals surface area contributed by atoms with Crippen molar-refractivity contribution in [2.45, 2.75) is 56.6 Å². The normalized spacial score (nSPS) is 13.4. The fourth-order valence-corrected chi connectivity index (χ4v) is 4.46. The summed E-state index contributed by atoms with van der Waals surface area (Å²) in [7, 11) is -0.925. The maximum absolute atomic E-state index is 13.7. The number of carbonyl (C=O) groups excluding carboxylic acids is 2. The Morgan fingerprint density at radius 1 is 1.15 bits per heavy atom. The van der Waals surface area contributed by atoms with E-state index in [0.717, 1.165) is 17.0 Å². The third-order valence-electron chi connectivity index (χ3n) is 5.22. The zero-order chi connectivity index (χ0) is 30.8. The highest BCUT2D eigenvalue weighted by molar-refractivity contribution is 7.89. The van der Waals surface area contributed by atoms with Gasteiger partial charge in [0.25, 0.3) is 5.69 Å². The molecule has 0 aliphatic rings. The molecule has 0 saturated heterocycles. The van der Waals surface area contributed by atoms with Gasteiger partial charge in [-0.25, -0.2) is 8.42 Å². The Hall–Kier alpha value is -3.38. The van der Waals surface area contributed by atoms with Crippen LogP contribution < -0.4 is 14.8 Å². The number of aliphatic carboxylic acids is 1. The largest absolute Gasteiger partial charge is 0.497 e. The summed E-state index contributed by atoms with van der Waals surface area (Å²) in [6, 6.07) is 0.116. The lowest BCUT2D eigenvalue weighted by atomic mass is 10.2. The van der Waals surface area contributed by atoms with E-state index in [1.165, 1.54) is 34.3 Å².